The molecule has 100 valence electrons. The van der Waals surface area contributed by atoms with Crippen LogP contribution in [0.3, 0.4) is 0 Å². The zero-order valence-corrected chi connectivity index (χ0v) is 11.7. The summed E-state index contributed by atoms with van der Waals surface area (Å²) >= 11 is 0. The van der Waals surface area contributed by atoms with Gasteiger partial charge in [0, 0.05) is 25.7 Å². The van der Waals surface area contributed by atoms with Crippen LogP contribution in [0.2, 0.25) is 0 Å². The summed E-state index contributed by atoms with van der Waals surface area (Å²) in [5.74, 6) is 1.05. The van der Waals surface area contributed by atoms with Crippen LogP contribution in [0.4, 0.5) is 5.69 Å². The molecule has 0 saturated heterocycles. The molecule has 0 aromatic heterocycles. The van der Waals surface area contributed by atoms with Gasteiger partial charge in [-0.05, 0) is 42.1 Å². The Kier molecular flexibility index (Phi) is 3.81. The van der Waals surface area contributed by atoms with Crippen molar-refractivity contribution in [1.29, 1.82) is 0 Å². The van der Waals surface area contributed by atoms with Gasteiger partial charge in [-0.3, -0.25) is 0 Å². The van der Waals surface area contributed by atoms with Gasteiger partial charge in [0.2, 0.25) is 0 Å². The molecule has 1 aromatic rings. The first kappa shape index (κ1) is 13.2. The molecule has 0 amide bonds. The maximum Gasteiger partial charge on any atom is 0.122 e. The Morgan fingerprint density at radius 3 is 2.89 bits per heavy atom. The zero-order chi connectivity index (χ0) is 13.2. The molecule has 0 radical (unpaired) electrons. The molecule has 0 saturated carbocycles. The topological polar surface area (TPSA) is 38.5 Å². The summed E-state index contributed by atoms with van der Waals surface area (Å²) in [6, 6.07) is 6.48. The zero-order valence-electron chi connectivity index (χ0n) is 11.7. The van der Waals surface area contributed by atoms with E-state index in [2.05, 4.69) is 44.0 Å². The number of hydrogen-bond donors (Lipinski definition) is 1. The lowest BCUT2D eigenvalue weighted by Gasteiger charge is -2.31. The van der Waals surface area contributed by atoms with Gasteiger partial charge in [-0.15, -0.1) is 0 Å². The normalized spacial score (nSPS) is 14.2. The van der Waals surface area contributed by atoms with E-state index in [-0.39, 0.29) is 5.41 Å². The Labute approximate surface area is 110 Å². The molecule has 1 aliphatic heterocycles. The second-order valence-electron chi connectivity index (χ2n) is 5.95. The lowest BCUT2D eigenvalue weighted by molar-refractivity contribution is 0.347. The lowest BCUT2D eigenvalue weighted by Crippen LogP contribution is -2.33. The summed E-state index contributed by atoms with van der Waals surface area (Å²) in [5.41, 5.74) is 8.51. The van der Waals surface area contributed by atoms with Gasteiger partial charge in [0.05, 0.1) is 6.61 Å². The highest BCUT2D eigenvalue weighted by atomic mass is 16.5. The summed E-state index contributed by atoms with van der Waals surface area (Å²) in [5, 5.41) is 0. The third kappa shape index (κ3) is 2.96. The molecule has 0 fully saturated rings. The second-order valence-corrected chi connectivity index (χ2v) is 5.95. The Morgan fingerprint density at radius 2 is 2.17 bits per heavy atom. The first-order chi connectivity index (χ1) is 8.52. The highest BCUT2D eigenvalue weighted by Crippen LogP contribution is 2.30. The van der Waals surface area contributed by atoms with E-state index in [0.717, 1.165) is 38.3 Å². The van der Waals surface area contributed by atoms with E-state index in [4.69, 9.17) is 10.5 Å². The number of fused-ring (bicyclic) bond motifs is 1. The molecule has 0 bridgehead atoms. The van der Waals surface area contributed by atoms with Gasteiger partial charge in [-0.25, -0.2) is 0 Å². The molecule has 1 aliphatic rings. The van der Waals surface area contributed by atoms with Gasteiger partial charge in [-0.2, -0.15) is 0 Å². The van der Waals surface area contributed by atoms with E-state index in [9.17, 15) is 0 Å². The molecule has 3 nitrogen and oxygen atoms in total. The van der Waals surface area contributed by atoms with Gasteiger partial charge in [0.25, 0.3) is 0 Å². The molecule has 0 spiro atoms. The fourth-order valence-electron chi connectivity index (χ4n) is 2.61. The van der Waals surface area contributed by atoms with Crippen LogP contribution in [0.15, 0.2) is 18.2 Å². The van der Waals surface area contributed by atoms with Crippen molar-refractivity contribution in [3.05, 3.63) is 23.8 Å². The van der Waals surface area contributed by atoms with Crippen LogP contribution in [0.25, 0.3) is 0 Å². The van der Waals surface area contributed by atoms with Gasteiger partial charge in [0.15, 0.2) is 0 Å². The molecular formula is C15H24N2O. The first-order valence-electron chi connectivity index (χ1n) is 6.69. The number of anilines is 1. The molecule has 2 rings (SSSR count). The van der Waals surface area contributed by atoms with E-state index < -0.39 is 0 Å². The van der Waals surface area contributed by atoms with Crippen LogP contribution in [-0.2, 0) is 6.42 Å². The Morgan fingerprint density at radius 1 is 1.39 bits per heavy atom. The summed E-state index contributed by atoms with van der Waals surface area (Å²) in [6.07, 6.45) is 2.08. The SMILES string of the molecule is CN(CC(C)(C)CCN)c1ccc2c(c1)CCO2. The van der Waals surface area contributed by atoms with E-state index >= 15 is 0 Å². The largest absolute Gasteiger partial charge is 0.493 e. The van der Waals surface area contributed by atoms with Crippen LogP contribution < -0.4 is 15.4 Å². The molecule has 3 heteroatoms. The minimum absolute atomic E-state index is 0.249. The van der Waals surface area contributed by atoms with Crippen molar-refractivity contribution in [3.8, 4) is 5.75 Å². The Bertz CT molecular complexity index is 415. The minimum atomic E-state index is 0.249. The summed E-state index contributed by atoms with van der Waals surface area (Å²) in [7, 11) is 2.15. The quantitative estimate of drug-likeness (QED) is 0.869. The third-order valence-corrected chi connectivity index (χ3v) is 3.60. The van der Waals surface area contributed by atoms with Crippen LogP contribution in [0.1, 0.15) is 25.8 Å². The van der Waals surface area contributed by atoms with E-state index in [0.29, 0.717) is 0 Å². The van der Waals surface area contributed by atoms with Crippen molar-refractivity contribution >= 4 is 5.69 Å². The van der Waals surface area contributed by atoms with Crippen molar-refractivity contribution in [2.24, 2.45) is 11.1 Å². The molecule has 1 aromatic carbocycles. The molecule has 0 atom stereocenters. The monoisotopic (exact) mass is 248 g/mol. The average molecular weight is 248 g/mol. The third-order valence-electron chi connectivity index (χ3n) is 3.60. The predicted octanol–water partition coefficient (Wildman–Crippen LogP) is 2.43. The maximum atomic E-state index is 5.67. The van der Waals surface area contributed by atoms with Crippen molar-refractivity contribution in [1.82, 2.24) is 0 Å². The highest BCUT2D eigenvalue weighted by Gasteiger charge is 2.20. The fourth-order valence-corrected chi connectivity index (χ4v) is 2.61. The van der Waals surface area contributed by atoms with E-state index in [1.165, 1.54) is 11.3 Å². The van der Waals surface area contributed by atoms with Gasteiger partial charge < -0.3 is 15.4 Å². The maximum absolute atomic E-state index is 5.67. The van der Waals surface area contributed by atoms with Gasteiger partial charge in [-0.1, -0.05) is 13.8 Å². The fraction of sp³-hybridized carbons (Fsp3) is 0.600. The standard InChI is InChI=1S/C15H24N2O/c1-15(2,7-8-16)11-17(3)13-4-5-14-12(10-13)6-9-18-14/h4-5,10H,6-9,11,16H2,1-3H3. The van der Waals surface area contributed by atoms with Crippen LogP contribution >= 0.6 is 0 Å². The summed E-state index contributed by atoms with van der Waals surface area (Å²) in [6.45, 7) is 7.13. The summed E-state index contributed by atoms with van der Waals surface area (Å²) in [4.78, 5) is 2.31. The van der Waals surface area contributed by atoms with Gasteiger partial charge in [0.1, 0.15) is 5.75 Å². The van der Waals surface area contributed by atoms with Crippen molar-refractivity contribution in [2.45, 2.75) is 26.7 Å². The number of benzene rings is 1. The molecular weight excluding hydrogens is 224 g/mol. The van der Waals surface area contributed by atoms with Crippen molar-refractivity contribution in [2.75, 3.05) is 31.6 Å². The number of nitrogens with zero attached hydrogens (tertiary/aromatic N) is 1. The smallest absolute Gasteiger partial charge is 0.122 e. The predicted molar refractivity (Wildman–Crippen MR) is 76.4 cm³/mol. The van der Waals surface area contributed by atoms with Gasteiger partial charge >= 0.3 is 0 Å². The van der Waals surface area contributed by atoms with Crippen LogP contribution in [0, 0.1) is 5.41 Å². The Hall–Kier alpha value is -1.22. The lowest BCUT2D eigenvalue weighted by atomic mass is 9.88. The van der Waals surface area contributed by atoms with Crippen LogP contribution in [-0.4, -0.2) is 26.7 Å². The second kappa shape index (κ2) is 5.19. The highest BCUT2D eigenvalue weighted by molar-refractivity contribution is 5.54. The molecule has 18 heavy (non-hydrogen) atoms. The molecule has 0 aliphatic carbocycles. The average Bonchev–Trinajstić information content (AvgIpc) is 2.74. The number of hydrogen-bond acceptors (Lipinski definition) is 3. The Balaban J connectivity index is 2.07. The summed E-state index contributed by atoms with van der Waals surface area (Å²) < 4.78 is 5.54. The van der Waals surface area contributed by atoms with E-state index in [1.807, 2.05) is 0 Å². The molecule has 2 N–H and O–H groups in total. The number of ether oxygens (including phenoxy) is 1. The van der Waals surface area contributed by atoms with Crippen molar-refractivity contribution in [3.63, 3.8) is 0 Å². The first-order valence-corrected chi connectivity index (χ1v) is 6.69. The van der Waals surface area contributed by atoms with Crippen molar-refractivity contribution < 1.29 is 4.74 Å². The number of nitrogens with two attached hydrogens (primary N) is 1. The molecule has 1 heterocycles. The molecule has 0 unspecified atom stereocenters. The van der Waals surface area contributed by atoms with E-state index in [1.54, 1.807) is 0 Å². The number of rotatable bonds is 5. The minimum Gasteiger partial charge on any atom is -0.493 e. The van der Waals surface area contributed by atoms with Crippen LogP contribution in [0.5, 0.6) is 5.75 Å².